The molecule has 2 heteroatoms. The van der Waals surface area contributed by atoms with E-state index in [-0.39, 0.29) is 0 Å². The summed E-state index contributed by atoms with van der Waals surface area (Å²) in [6, 6.07) is 10.3. The smallest absolute Gasteiger partial charge is 0.0322 e. The van der Waals surface area contributed by atoms with Crippen LogP contribution in [0, 0.1) is 0 Å². The molecule has 1 saturated heterocycles. The standard InChI is InChI=1S/C17H28N2/c1-3-15-7-9-16(10-8-15)14(2)19-13-5-4-6-17(19)11-12-18/h7-10,14,17H,3-6,11-13,18H2,1-2H3. The van der Waals surface area contributed by atoms with Gasteiger partial charge in [-0.2, -0.15) is 0 Å². The van der Waals surface area contributed by atoms with Gasteiger partial charge < -0.3 is 5.73 Å². The van der Waals surface area contributed by atoms with Gasteiger partial charge in [0.1, 0.15) is 0 Å². The summed E-state index contributed by atoms with van der Waals surface area (Å²) in [7, 11) is 0. The Bertz CT molecular complexity index is 369. The number of piperidine rings is 1. The summed E-state index contributed by atoms with van der Waals surface area (Å²) in [6.07, 6.45) is 6.27. The third-order valence-electron chi connectivity index (χ3n) is 4.54. The highest BCUT2D eigenvalue weighted by Crippen LogP contribution is 2.29. The molecule has 1 aliphatic heterocycles. The maximum absolute atomic E-state index is 5.77. The molecule has 0 aliphatic carbocycles. The van der Waals surface area contributed by atoms with Gasteiger partial charge in [-0.05, 0) is 56.8 Å². The number of rotatable bonds is 5. The summed E-state index contributed by atoms with van der Waals surface area (Å²) in [5, 5.41) is 0. The number of aryl methyl sites for hydroxylation is 1. The molecule has 106 valence electrons. The van der Waals surface area contributed by atoms with Crippen molar-refractivity contribution in [1.82, 2.24) is 4.90 Å². The topological polar surface area (TPSA) is 29.3 Å². The van der Waals surface area contributed by atoms with E-state index >= 15 is 0 Å². The molecule has 1 aliphatic rings. The zero-order valence-corrected chi connectivity index (χ0v) is 12.4. The van der Waals surface area contributed by atoms with Gasteiger partial charge in [0, 0.05) is 12.1 Å². The quantitative estimate of drug-likeness (QED) is 0.878. The van der Waals surface area contributed by atoms with Gasteiger partial charge in [0.15, 0.2) is 0 Å². The van der Waals surface area contributed by atoms with E-state index in [2.05, 4.69) is 43.0 Å². The van der Waals surface area contributed by atoms with Crippen LogP contribution in [0.5, 0.6) is 0 Å². The second kappa shape index (κ2) is 7.06. The number of hydrogen-bond donors (Lipinski definition) is 1. The first kappa shape index (κ1) is 14.5. The lowest BCUT2D eigenvalue weighted by Gasteiger charge is -2.40. The maximum Gasteiger partial charge on any atom is 0.0322 e. The Morgan fingerprint density at radius 3 is 2.63 bits per heavy atom. The third kappa shape index (κ3) is 3.58. The largest absolute Gasteiger partial charge is 0.330 e. The molecule has 1 heterocycles. The molecule has 2 N–H and O–H groups in total. The van der Waals surface area contributed by atoms with Crippen molar-refractivity contribution in [3.63, 3.8) is 0 Å². The van der Waals surface area contributed by atoms with Gasteiger partial charge in [-0.25, -0.2) is 0 Å². The monoisotopic (exact) mass is 260 g/mol. The second-order valence-electron chi connectivity index (χ2n) is 5.74. The zero-order chi connectivity index (χ0) is 13.7. The van der Waals surface area contributed by atoms with Crippen LogP contribution < -0.4 is 5.73 Å². The SMILES string of the molecule is CCc1ccc(C(C)N2CCCCC2CCN)cc1. The molecule has 2 atom stereocenters. The molecule has 2 nitrogen and oxygen atoms in total. The van der Waals surface area contributed by atoms with Gasteiger partial charge in [0.25, 0.3) is 0 Å². The Morgan fingerprint density at radius 2 is 2.00 bits per heavy atom. The van der Waals surface area contributed by atoms with Crippen LogP contribution in [0.2, 0.25) is 0 Å². The first-order valence-corrected chi connectivity index (χ1v) is 7.81. The number of likely N-dealkylation sites (tertiary alicyclic amines) is 1. The summed E-state index contributed by atoms with van der Waals surface area (Å²) in [4.78, 5) is 2.66. The summed E-state index contributed by atoms with van der Waals surface area (Å²) in [6.45, 7) is 6.58. The zero-order valence-electron chi connectivity index (χ0n) is 12.4. The van der Waals surface area contributed by atoms with E-state index in [1.54, 1.807) is 0 Å². The molecular weight excluding hydrogens is 232 g/mol. The fourth-order valence-corrected chi connectivity index (χ4v) is 3.26. The van der Waals surface area contributed by atoms with Crippen LogP contribution in [0.1, 0.15) is 56.7 Å². The van der Waals surface area contributed by atoms with Gasteiger partial charge in [0.2, 0.25) is 0 Å². The molecule has 1 aromatic carbocycles. The van der Waals surface area contributed by atoms with Gasteiger partial charge in [0.05, 0.1) is 0 Å². The van der Waals surface area contributed by atoms with E-state index in [0.29, 0.717) is 12.1 Å². The van der Waals surface area contributed by atoms with E-state index in [1.807, 2.05) is 0 Å². The first-order chi connectivity index (χ1) is 9.26. The van der Waals surface area contributed by atoms with Crippen molar-refractivity contribution in [1.29, 1.82) is 0 Å². The maximum atomic E-state index is 5.77. The van der Waals surface area contributed by atoms with Crippen LogP contribution in [0.4, 0.5) is 0 Å². The number of hydrogen-bond acceptors (Lipinski definition) is 2. The van der Waals surface area contributed by atoms with Crippen LogP contribution >= 0.6 is 0 Å². The van der Waals surface area contributed by atoms with Crippen molar-refractivity contribution in [3.8, 4) is 0 Å². The Hall–Kier alpha value is -0.860. The summed E-state index contributed by atoms with van der Waals surface area (Å²) in [5.74, 6) is 0. The number of nitrogens with two attached hydrogens (primary N) is 1. The highest BCUT2D eigenvalue weighted by molar-refractivity contribution is 5.25. The minimum absolute atomic E-state index is 0.516. The van der Waals surface area contributed by atoms with Crippen LogP contribution in [0.3, 0.4) is 0 Å². The second-order valence-corrected chi connectivity index (χ2v) is 5.74. The van der Waals surface area contributed by atoms with Crippen molar-refractivity contribution < 1.29 is 0 Å². The van der Waals surface area contributed by atoms with E-state index in [0.717, 1.165) is 19.4 Å². The van der Waals surface area contributed by atoms with Gasteiger partial charge >= 0.3 is 0 Å². The van der Waals surface area contributed by atoms with Crippen molar-refractivity contribution in [2.45, 2.75) is 58.0 Å². The van der Waals surface area contributed by atoms with E-state index < -0.39 is 0 Å². The molecule has 1 fully saturated rings. The van der Waals surface area contributed by atoms with E-state index in [9.17, 15) is 0 Å². The predicted octanol–water partition coefficient (Wildman–Crippen LogP) is 3.51. The molecule has 19 heavy (non-hydrogen) atoms. The predicted molar refractivity (Wildman–Crippen MR) is 82.3 cm³/mol. The van der Waals surface area contributed by atoms with Crippen molar-refractivity contribution in [2.24, 2.45) is 5.73 Å². The molecule has 0 spiro atoms. The molecule has 2 unspecified atom stereocenters. The summed E-state index contributed by atoms with van der Waals surface area (Å²) in [5.41, 5.74) is 8.64. The Kier molecular flexibility index (Phi) is 5.41. The fraction of sp³-hybridized carbons (Fsp3) is 0.647. The molecule has 2 rings (SSSR count). The Balaban J connectivity index is 2.08. The number of benzene rings is 1. The molecule has 0 saturated carbocycles. The molecule has 0 radical (unpaired) electrons. The molecule has 1 aromatic rings. The normalized spacial score (nSPS) is 22.4. The minimum Gasteiger partial charge on any atom is -0.330 e. The lowest BCUT2D eigenvalue weighted by atomic mass is 9.94. The lowest BCUT2D eigenvalue weighted by Crippen LogP contribution is -2.42. The number of nitrogens with zero attached hydrogens (tertiary/aromatic N) is 1. The first-order valence-electron chi connectivity index (χ1n) is 7.81. The van der Waals surface area contributed by atoms with E-state index in [4.69, 9.17) is 5.73 Å². The third-order valence-corrected chi connectivity index (χ3v) is 4.54. The van der Waals surface area contributed by atoms with Crippen molar-refractivity contribution >= 4 is 0 Å². The Labute approximate surface area is 118 Å². The van der Waals surface area contributed by atoms with Crippen LogP contribution in [-0.4, -0.2) is 24.0 Å². The summed E-state index contributed by atoms with van der Waals surface area (Å²) >= 11 is 0. The fourth-order valence-electron chi connectivity index (χ4n) is 3.26. The van der Waals surface area contributed by atoms with Gasteiger partial charge in [-0.3, -0.25) is 4.90 Å². The summed E-state index contributed by atoms with van der Waals surface area (Å²) < 4.78 is 0. The molecule has 0 amide bonds. The minimum atomic E-state index is 0.516. The molecular formula is C17H28N2. The highest BCUT2D eigenvalue weighted by Gasteiger charge is 2.26. The van der Waals surface area contributed by atoms with E-state index in [1.165, 1.54) is 36.9 Å². The van der Waals surface area contributed by atoms with Gasteiger partial charge in [-0.15, -0.1) is 0 Å². The van der Waals surface area contributed by atoms with Crippen LogP contribution in [0.15, 0.2) is 24.3 Å². The average molecular weight is 260 g/mol. The van der Waals surface area contributed by atoms with Crippen LogP contribution in [0.25, 0.3) is 0 Å². The molecule has 0 bridgehead atoms. The lowest BCUT2D eigenvalue weighted by molar-refractivity contribution is 0.0984. The van der Waals surface area contributed by atoms with Gasteiger partial charge in [-0.1, -0.05) is 37.6 Å². The Morgan fingerprint density at radius 1 is 1.26 bits per heavy atom. The highest BCUT2D eigenvalue weighted by atomic mass is 15.2. The van der Waals surface area contributed by atoms with Crippen molar-refractivity contribution in [3.05, 3.63) is 35.4 Å². The van der Waals surface area contributed by atoms with Crippen molar-refractivity contribution in [2.75, 3.05) is 13.1 Å². The average Bonchev–Trinajstić information content (AvgIpc) is 2.47. The van der Waals surface area contributed by atoms with Crippen LogP contribution in [-0.2, 0) is 6.42 Å². The molecule has 0 aromatic heterocycles.